The Morgan fingerprint density at radius 3 is 2.11 bits per heavy atom. The second-order valence-electron chi connectivity index (χ2n) is 3.97. The van der Waals surface area contributed by atoms with Crippen LogP contribution in [-0.4, -0.2) is 38.9 Å². The van der Waals surface area contributed by atoms with E-state index >= 15 is 0 Å². The Morgan fingerprint density at radius 1 is 1.26 bits per heavy atom. The summed E-state index contributed by atoms with van der Waals surface area (Å²) in [5.74, 6) is -1.02. The van der Waals surface area contributed by atoms with Gasteiger partial charge in [0.15, 0.2) is 0 Å². The van der Waals surface area contributed by atoms with E-state index in [-0.39, 0.29) is 6.54 Å². The zero-order valence-corrected chi connectivity index (χ0v) is 11.3. The molecule has 0 heterocycles. The second-order valence-corrected chi connectivity index (χ2v) is 3.97. The lowest BCUT2D eigenvalue weighted by Gasteiger charge is -2.19. The van der Waals surface area contributed by atoms with Crippen molar-refractivity contribution in [1.82, 2.24) is 0 Å². The van der Waals surface area contributed by atoms with E-state index < -0.39 is 11.9 Å². The van der Waals surface area contributed by atoms with Gasteiger partial charge in [-0.3, -0.25) is 4.79 Å². The predicted molar refractivity (Wildman–Crippen MR) is 69.7 cm³/mol. The first-order chi connectivity index (χ1) is 9.08. The average Bonchev–Trinajstić information content (AvgIpc) is 2.40. The molecular formula is C13H19NO5. The molecule has 1 aromatic carbocycles. The molecule has 0 spiro atoms. The molecular weight excluding hydrogens is 250 g/mol. The summed E-state index contributed by atoms with van der Waals surface area (Å²) in [5, 5.41) is 9.22. The molecule has 6 heteroatoms. The minimum absolute atomic E-state index is 0.0360. The van der Waals surface area contributed by atoms with Crippen LogP contribution in [0.15, 0.2) is 12.1 Å². The van der Waals surface area contributed by atoms with Gasteiger partial charge in [-0.2, -0.15) is 0 Å². The Hall–Kier alpha value is -1.79. The molecule has 0 bridgehead atoms. The summed E-state index contributed by atoms with van der Waals surface area (Å²) >= 11 is 0. The number of aliphatic carboxylic acids is 1. The molecule has 0 radical (unpaired) electrons. The smallest absolute Gasteiger partial charge is 0.312 e. The number of hydrogen-bond donors (Lipinski definition) is 2. The average molecular weight is 269 g/mol. The van der Waals surface area contributed by atoms with Crippen molar-refractivity contribution in [2.45, 2.75) is 12.5 Å². The van der Waals surface area contributed by atoms with Crippen molar-refractivity contribution >= 4 is 5.97 Å². The van der Waals surface area contributed by atoms with Gasteiger partial charge in [0.25, 0.3) is 0 Å². The molecule has 0 aliphatic heterocycles. The van der Waals surface area contributed by atoms with E-state index in [9.17, 15) is 9.90 Å². The van der Waals surface area contributed by atoms with Crippen LogP contribution in [0.1, 0.15) is 17.0 Å². The summed E-state index contributed by atoms with van der Waals surface area (Å²) in [6.07, 6.45) is 0. The molecule has 0 aliphatic rings. The highest BCUT2D eigenvalue weighted by Crippen LogP contribution is 2.36. The maximum absolute atomic E-state index is 11.3. The van der Waals surface area contributed by atoms with Crippen molar-refractivity contribution in [2.75, 3.05) is 27.9 Å². The van der Waals surface area contributed by atoms with E-state index in [2.05, 4.69) is 0 Å². The lowest BCUT2D eigenvalue weighted by Crippen LogP contribution is -2.22. The van der Waals surface area contributed by atoms with Gasteiger partial charge in [-0.25, -0.2) is 0 Å². The molecule has 19 heavy (non-hydrogen) atoms. The normalized spacial score (nSPS) is 12.0. The molecule has 0 saturated carbocycles. The van der Waals surface area contributed by atoms with Crippen molar-refractivity contribution in [1.29, 1.82) is 0 Å². The standard InChI is InChI=1S/C13H19NO5/c1-17-7-8-4-10(18-2)12(11(5-8)19-3)9(6-14)13(15)16/h4-5,9H,6-7,14H2,1-3H3,(H,15,16). The van der Waals surface area contributed by atoms with Crippen molar-refractivity contribution in [3.8, 4) is 11.5 Å². The monoisotopic (exact) mass is 269 g/mol. The first-order valence-electron chi connectivity index (χ1n) is 5.75. The van der Waals surface area contributed by atoms with Crippen LogP contribution in [0.25, 0.3) is 0 Å². The third-order valence-corrected chi connectivity index (χ3v) is 2.80. The van der Waals surface area contributed by atoms with Gasteiger partial charge >= 0.3 is 5.97 Å². The largest absolute Gasteiger partial charge is 0.496 e. The Morgan fingerprint density at radius 2 is 1.79 bits per heavy atom. The Labute approximate surface area is 112 Å². The van der Waals surface area contributed by atoms with E-state index in [1.165, 1.54) is 14.2 Å². The number of ether oxygens (including phenoxy) is 3. The van der Waals surface area contributed by atoms with Gasteiger partial charge in [-0.05, 0) is 17.7 Å². The van der Waals surface area contributed by atoms with Gasteiger partial charge in [0.05, 0.1) is 26.4 Å². The Balaban J connectivity index is 3.38. The Bertz CT molecular complexity index is 422. The van der Waals surface area contributed by atoms with Crippen LogP contribution < -0.4 is 15.2 Å². The molecule has 0 aromatic heterocycles. The Kier molecular flexibility index (Phi) is 5.59. The van der Waals surface area contributed by atoms with E-state index in [1.807, 2.05) is 0 Å². The van der Waals surface area contributed by atoms with Crippen LogP contribution >= 0.6 is 0 Å². The summed E-state index contributed by atoms with van der Waals surface area (Å²) in [6.45, 7) is 0.346. The zero-order valence-electron chi connectivity index (χ0n) is 11.3. The lowest BCUT2D eigenvalue weighted by atomic mass is 9.95. The molecule has 6 nitrogen and oxygen atoms in total. The summed E-state index contributed by atoms with van der Waals surface area (Å²) in [7, 11) is 4.53. The van der Waals surface area contributed by atoms with Gasteiger partial charge in [-0.15, -0.1) is 0 Å². The second kappa shape index (κ2) is 6.96. The van der Waals surface area contributed by atoms with Crippen LogP contribution in [0.3, 0.4) is 0 Å². The molecule has 0 fully saturated rings. The summed E-state index contributed by atoms with van der Waals surface area (Å²) < 4.78 is 15.6. The number of carbonyl (C=O) groups is 1. The fourth-order valence-electron chi connectivity index (χ4n) is 1.93. The molecule has 106 valence electrons. The van der Waals surface area contributed by atoms with Gasteiger partial charge in [0, 0.05) is 13.7 Å². The summed E-state index contributed by atoms with van der Waals surface area (Å²) in [6, 6.07) is 3.46. The van der Waals surface area contributed by atoms with Crippen molar-refractivity contribution in [3.63, 3.8) is 0 Å². The molecule has 0 aliphatic carbocycles. The number of carboxylic acid groups (broad SMARTS) is 1. The first-order valence-corrected chi connectivity index (χ1v) is 5.75. The predicted octanol–water partition coefficient (Wildman–Crippen LogP) is 0.977. The minimum Gasteiger partial charge on any atom is -0.496 e. The van der Waals surface area contributed by atoms with Crippen LogP contribution in [-0.2, 0) is 16.1 Å². The number of rotatable bonds is 7. The van der Waals surface area contributed by atoms with Crippen LogP contribution in [0, 0.1) is 0 Å². The zero-order chi connectivity index (χ0) is 14.4. The number of benzene rings is 1. The van der Waals surface area contributed by atoms with Crippen LogP contribution in [0.4, 0.5) is 0 Å². The fraction of sp³-hybridized carbons (Fsp3) is 0.462. The van der Waals surface area contributed by atoms with Gasteiger partial charge < -0.3 is 25.1 Å². The molecule has 1 unspecified atom stereocenters. The molecule has 1 aromatic rings. The lowest BCUT2D eigenvalue weighted by molar-refractivity contribution is -0.138. The van der Waals surface area contributed by atoms with Gasteiger partial charge in [0.2, 0.25) is 0 Å². The van der Waals surface area contributed by atoms with E-state index in [0.29, 0.717) is 23.7 Å². The third kappa shape index (κ3) is 3.36. The van der Waals surface area contributed by atoms with E-state index in [4.69, 9.17) is 19.9 Å². The number of nitrogens with two attached hydrogens (primary N) is 1. The highest BCUT2D eigenvalue weighted by molar-refractivity contribution is 5.79. The minimum atomic E-state index is -1.02. The summed E-state index contributed by atoms with van der Waals surface area (Å²) in [4.78, 5) is 11.3. The number of hydrogen-bond acceptors (Lipinski definition) is 5. The van der Waals surface area contributed by atoms with Crippen molar-refractivity contribution in [3.05, 3.63) is 23.3 Å². The van der Waals surface area contributed by atoms with Crippen LogP contribution in [0.5, 0.6) is 11.5 Å². The SMILES string of the molecule is COCc1cc(OC)c(C(CN)C(=O)O)c(OC)c1. The maximum Gasteiger partial charge on any atom is 0.312 e. The van der Waals surface area contributed by atoms with Gasteiger partial charge in [0.1, 0.15) is 17.4 Å². The van der Waals surface area contributed by atoms with Gasteiger partial charge in [-0.1, -0.05) is 0 Å². The van der Waals surface area contributed by atoms with E-state index in [1.54, 1.807) is 19.2 Å². The molecule has 1 rings (SSSR count). The molecule has 1 atom stereocenters. The quantitative estimate of drug-likeness (QED) is 0.766. The van der Waals surface area contributed by atoms with E-state index in [0.717, 1.165) is 5.56 Å². The van der Waals surface area contributed by atoms with Crippen molar-refractivity contribution in [2.24, 2.45) is 5.73 Å². The maximum atomic E-state index is 11.3. The van der Waals surface area contributed by atoms with Crippen molar-refractivity contribution < 1.29 is 24.1 Å². The third-order valence-electron chi connectivity index (χ3n) is 2.80. The summed E-state index contributed by atoms with van der Waals surface area (Å²) in [5.41, 5.74) is 6.81. The molecule has 0 amide bonds. The topological polar surface area (TPSA) is 91.0 Å². The highest BCUT2D eigenvalue weighted by Gasteiger charge is 2.26. The van der Waals surface area contributed by atoms with Crippen LogP contribution in [0.2, 0.25) is 0 Å². The molecule has 3 N–H and O–H groups in total. The number of methoxy groups -OCH3 is 3. The number of carboxylic acids is 1. The molecule has 0 saturated heterocycles. The first kappa shape index (κ1) is 15.3. The fourth-order valence-corrected chi connectivity index (χ4v) is 1.93. The highest BCUT2D eigenvalue weighted by atomic mass is 16.5.